The van der Waals surface area contributed by atoms with E-state index in [1.807, 2.05) is 30.3 Å². The standard InChI is InChI=1S/C16H14N4O2/c1-20(11-12-6-3-2-4-7-12)16(21)15-18-14(19-22-15)13-8-5-9-17-10-13/h2-10H,11H2,1H3. The molecule has 0 saturated carbocycles. The van der Waals surface area contributed by atoms with E-state index in [1.54, 1.807) is 31.6 Å². The fourth-order valence-corrected chi connectivity index (χ4v) is 2.01. The van der Waals surface area contributed by atoms with Gasteiger partial charge in [-0.05, 0) is 17.7 Å². The summed E-state index contributed by atoms with van der Waals surface area (Å²) in [4.78, 5) is 22.0. The van der Waals surface area contributed by atoms with Crippen LogP contribution in [0.25, 0.3) is 11.4 Å². The SMILES string of the molecule is CN(Cc1ccccc1)C(=O)c1nc(-c2cccnc2)no1. The van der Waals surface area contributed by atoms with E-state index in [0.717, 1.165) is 5.56 Å². The Morgan fingerprint density at radius 3 is 2.73 bits per heavy atom. The molecule has 0 bridgehead atoms. The maximum absolute atomic E-state index is 12.3. The highest BCUT2D eigenvalue weighted by molar-refractivity contribution is 5.89. The zero-order chi connectivity index (χ0) is 15.4. The highest BCUT2D eigenvalue weighted by Gasteiger charge is 2.20. The van der Waals surface area contributed by atoms with Crippen LogP contribution in [-0.2, 0) is 6.54 Å². The highest BCUT2D eigenvalue weighted by Crippen LogP contribution is 2.15. The summed E-state index contributed by atoms with van der Waals surface area (Å²) in [6.45, 7) is 0.476. The van der Waals surface area contributed by atoms with Crippen molar-refractivity contribution in [3.8, 4) is 11.4 Å². The van der Waals surface area contributed by atoms with Crippen LogP contribution in [0.1, 0.15) is 16.2 Å². The number of nitrogens with zero attached hydrogens (tertiary/aromatic N) is 4. The molecule has 0 aliphatic carbocycles. The van der Waals surface area contributed by atoms with Crippen molar-refractivity contribution < 1.29 is 9.32 Å². The summed E-state index contributed by atoms with van der Waals surface area (Å²) in [5.74, 6) is 0.00772. The maximum Gasteiger partial charge on any atom is 0.316 e. The first-order valence-corrected chi connectivity index (χ1v) is 6.77. The smallest absolute Gasteiger partial charge is 0.316 e. The number of aromatic nitrogens is 3. The van der Waals surface area contributed by atoms with Gasteiger partial charge >= 0.3 is 11.8 Å². The van der Waals surface area contributed by atoms with E-state index in [-0.39, 0.29) is 11.8 Å². The molecule has 0 spiro atoms. The number of hydrogen-bond donors (Lipinski definition) is 0. The molecular formula is C16H14N4O2. The van der Waals surface area contributed by atoms with Gasteiger partial charge in [0.25, 0.3) is 0 Å². The van der Waals surface area contributed by atoms with E-state index < -0.39 is 0 Å². The maximum atomic E-state index is 12.3. The van der Waals surface area contributed by atoms with Gasteiger partial charge in [0.15, 0.2) is 0 Å². The van der Waals surface area contributed by atoms with Crippen molar-refractivity contribution in [2.75, 3.05) is 7.05 Å². The van der Waals surface area contributed by atoms with Crippen molar-refractivity contribution in [1.29, 1.82) is 0 Å². The molecule has 0 atom stereocenters. The topological polar surface area (TPSA) is 72.1 Å². The first-order valence-electron chi connectivity index (χ1n) is 6.77. The third-order valence-corrected chi connectivity index (χ3v) is 3.14. The average Bonchev–Trinajstić information content (AvgIpc) is 3.06. The van der Waals surface area contributed by atoms with Gasteiger partial charge in [-0.3, -0.25) is 9.78 Å². The fourth-order valence-electron chi connectivity index (χ4n) is 2.01. The Bertz CT molecular complexity index is 756. The molecule has 110 valence electrons. The molecule has 6 heteroatoms. The van der Waals surface area contributed by atoms with Crippen molar-refractivity contribution in [3.63, 3.8) is 0 Å². The van der Waals surface area contributed by atoms with Crippen LogP contribution in [0.15, 0.2) is 59.4 Å². The molecule has 1 amide bonds. The highest BCUT2D eigenvalue weighted by atomic mass is 16.5. The molecule has 0 saturated heterocycles. The Morgan fingerprint density at radius 2 is 2.00 bits per heavy atom. The van der Waals surface area contributed by atoms with Gasteiger partial charge in [-0.2, -0.15) is 4.98 Å². The fraction of sp³-hybridized carbons (Fsp3) is 0.125. The van der Waals surface area contributed by atoms with E-state index in [1.165, 1.54) is 4.90 Å². The number of rotatable bonds is 4. The van der Waals surface area contributed by atoms with Gasteiger partial charge in [0, 0.05) is 31.5 Å². The molecule has 2 aromatic heterocycles. The second-order valence-electron chi connectivity index (χ2n) is 4.81. The van der Waals surface area contributed by atoms with Crippen molar-refractivity contribution >= 4 is 5.91 Å². The van der Waals surface area contributed by atoms with Crippen LogP contribution in [0.4, 0.5) is 0 Å². The Labute approximate surface area is 127 Å². The Hall–Kier alpha value is -3.02. The molecule has 0 fully saturated rings. The molecule has 0 aliphatic heterocycles. The third kappa shape index (κ3) is 3.01. The van der Waals surface area contributed by atoms with Crippen molar-refractivity contribution in [1.82, 2.24) is 20.0 Å². The first kappa shape index (κ1) is 13.9. The summed E-state index contributed by atoms with van der Waals surface area (Å²) >= 11 is 0. The quantitative estimate of drug-likeness (QED) is 0.739. The minimum Gasteiger partial charge on any atom is -0.333 e. The minimum atomic E-state index is -0.313. The lowest BCUT2D eigenvalue weighted by molar-refractivity contribution is 0.0735. The third-order valence-electron chi connectivity index (χ3n) is 3.14. The summed E-state index contributed by atoms with van der Waals surface area (Å²) in [6, 6.07) is 13.3. The zero-order valence-corrected chi connectivity index (χ0v) is 12.0. The Balaban J connectivity index is 1.74. The summed E-state index contributed by atoms with van der Waals surface area (Å²) in [5.41, 5.74) is 1.74. The number of amides is 1. The van der Waals surface area contributed by atoms with Crippen LogP contribution < -0.4 is 0 Å². The van der Waals surface area contributed by atoms with E-state index in [9.17, 15) is 4.79 Å². The van der Waals surface area contributed by atoms with Crippen LogP contribution in [0.2, 0.25) is 0 Å². The largest absolute Gasteiger partial charge is 0.333 e. The van der Waals surface area contributed by atoms with Gasteiger partial charge in [0.1, 0.15) is 0 Å². The van der Waals surface area contributed by atoms with Crippen molar-refractivity contribution in [2.45, 2.75) is 6.54 Å². The number of carbonyl (C=O) groups is 1. The first-order chi connectivity index (χ1) is 10.7. The summed E-state index contributed by atoms with van der Waals surface area (Å²) in [5, 5.41) is 3.82. The number of benzene rings is 1. The molecule has 1 aromatic carbocycles. The van der Waals surface area contributed by atoms with Gasteiger partial charge in [0.05, 0.1) is 0 Å². The number of pyridine rings is 1. The van der Waals surface area contributed by atoms with Gasteiger partial charge in [-0.25, -0.2) is 0 Å². The van der Waals surface area contributed by atoms with Gasteiger partial charge in [-0.15, -0.1) is 0 Å². The summed E-state index contributed by atoms with van der Waals surface area (Å²) in [6.07, 6.45) is 3.27. The molecule has 3 aromatic rings. The second kappa shape index (κ2) is 6.17. The predicted molar refractivity (Wildman–Crippen MR) is 79.8 cm³/mol. The molecule has 3 rings (SSSR count). The number of hydrogen-bond acceptors (Lipinski definition) is 5. The van der Waals surface area contributed by atoms with Gasteiger partial charge in [0.2, 0.25) is 5.82 Å². The van der Waals surface area contributed by atoms with E-state index in [2.05, 4.69) is 15.1 Å². The molecule has 6 nitrogen and oxygen atoms in total. The molecule has 0 N–H and O–H groups in total. The van der Waals surface area contributed by atoms with Crippen LogP contribution >= 0.6 is 0 Å². The Morgan fingerprint density at radius 1 is 1.18 bits per heavy atom. The number of carbonyl (C=O) groups excluding carboxylic acids is 1. The molecule has 0 aliphatic rings. The van der Waals surface area contributed by atoms with E-state index in [0.29, 0.717) is 17.9 Å². The zero-order valence-electron chi connectivity index (χ0n) is 12.0. The molecular weight excluding hydrogens is 280 g/mol. The van der Waals surface area contributed by atoms with Crippen LogP contribution in [0, 0.1) is 0 Å². The van der Waals surface area contributed by atoms with Crippen LogP contribution in [-0.4, -0.2) is 33.0 Å². The monoisotopic (exact) mass is 294 g/mol. The molecule has 0 radical (unpaired) electrons. The summed E-state index contributed by atoms with van der Waals surface area (Å²) < 4.78 is 5.06. The van der Waals surface area contributed by atoms with E-state index >= 15 is 0 Å². The average molecular weight is 294 g/mol. The van der Waals surface area contributed by atoms with Crippen molar-refractivity contribution in [2.24, 2.45) is 0 Å². The normalized spacial score (nSPS) is 10.4. The van der Waals surface area contributed by atoms with Gasteiger partial charge in [-0.1, -0.05) is 35.5 Å². The van der Waals surface area contributed by atoms with Crippen LogP contribution in [0.5, 0.6) is 0 Å². The predicted octanol–water partition coefficient (Wildman–Crippen LogP) is 2.40. The molecule has 22 heavy (non-hydrogen) atoms. The second-order valence-corrected chi connectivity index (χ2v) is 4.81. The lowest BCUT2D eigenvalue weighted by Gasteiger charge is -2.14. The van der Waals surface area contributed by atoms with Crippen molar-refractivity contribution in [3.05, 3.63) is 66.3 Å². The summed E-state index contributed by atoms with van der Waals surface area (Å²) in [7, 11) is 1.70. The lowest BCUT2D eigenvalue weighted by Crippen LogP contribution is -2.26. The Kier molecular flexibility index (Phi) is 3.91. The lowest BCUT2D eigenvalue weighted by atomic mass is 10.2. The van der Waals surface area contributed by atoms with Crippen LogP contribution in [0.3, 0.4) is 0 Å². The van der Waals surface area contributed by atoms with Gasteiger partial charge < -0.3 is 9.42 Å². The molecule has 2 heterocycles. The van der Waals surface area contributed by atoms with E-state index in [4.69, 9.17) is 4.52 Å². The molecule has 0 unspecified atom stereocenters. The minimum absolute atomic E-state index is 0.0303.